The first-order valence-electron chi connectivity index (χ1n) is 11.0. The second-order valence-corrected chi connectivity index (χ2v) is 7.94. The Morgan fingerprint density at radius 3 is 2.45 bits per heavy atom. The number of aryl methyl sites for hydroxylation is 1. The van der Waals surface area contributed by atoms with Crippen molar-refractivity contribution in [2.75, 3.05) is 6.79 Å². The molecule has 1 heterocycles. The van der Waals surface area contributed by atoms with Gasteiger partial charge in [0.2, 0.25) is 18.6 Å². The molecule has 0 saturated carbocycles. The fraction of sp³-hybridized carbons (Fsp3) is 0.440. The first kappa shape index (κ1) is 22.7. The van der Waals surface area contributed by atoms with Crippen molar-refractivity contribution in [2.45, 2.75) is 65.1 Å². The van der Waals surface area contributed by atoms with Crippen molar-refractivity contribution >= 4 is 11.8 Å². The molecule has 0 radical (unpaired) electrons. The van der Waals surface area contributed by atoms with Gasteiger partial charge in [0.25, 0.3) is 0 Å². The molecule has 0 spiro atoms. The molecule has 2 aromatic carbocycles. The van der Waals surface area contributed by atoms with E-state index in [0.717, 1.165) is 23.3 Å². The molecule has 1 N–H and O–H groups in total. The van der Waals surface area contributed by atoms with E-state index >= 15 is 0 Å². The first-order valence-corrected chi connectivity index (χ1v) is 11.0. The number of amides is 2. The van der Waals surface area contributed by atoms with Crippen LogP contribution in [-0.4, -0.2) is 35.6 Å². The zero-order valence-electron chi connectivity index (χ0n) is 18.6. The highest BCUT2D eigenvalue weighted by molar-refractivity contribution is 5.88. The normalized spacial score (nSPS) is 14.0. The van der Waals surface area contributed by atoms with Gasteiger partial charge in [-0.1, -0.05) is 50.2 Å². The predicted molar refractivity (Wildman–Crippen MR) is 120 cm³/mol. The number of fused-ring (bicyclic) bond motifs is 1. The smallest absolute Gasteiger partial charge is 0.243 e. The lowest BCUT2D eigenvalue weighted by molar-refractivity contribution is -0.141. The number of rotatable bonds is 10. The highest BCUT2D eigenvalue weighted by Gasteiger charge is 2.29. The van der Waals surface area contributed by atoms with Gasteiger partial charge in [0.1, 0.15) is 6.04 Å². The molecule has 2 aromatic rings. The van der Waals surface area contributed by atoms with Crippen LogP contribution in [0.4, 0.5) is 0 Å². The Labute approximate surface area is 184 Å². The molecular weight excluding hydrogens is 392 g/mol. The van der Waals surface area contributed by atoms with Crippen LogP contribution in [0.5, 0.6) is 11.5 Å². The molecule has 1 aliphatic rings. The first-order chi connectivity index (χ1) is 15.0. The van der Waals surface area contributed by atoms with Crippen molar-refractivity contribution < 1.29 is 19.1 Å². The zero-order chi connectivity index (χ0) is 22.2. The van der Waals surface area contributed by atoms with Gasteiger partial charge in [-0.2, -0.15) is 0 Å². The molecule has 166 valence electrons. The van der Waals surface area contributed by atoms with Crippen molar-refractivity contribution in [3.05, 3.63) is 59.7 Å². The van der Waals surface area contributed by atoms with E-state index in [1.54, 1.807) is 4.90 Å². The van der Waals surface area contributed by atoms with Crippen molar-refractivity contribution in [3.63, 3.8) is 0 Å². The number of carbonyl (C=O) groups excluding carboxylic acids is 2. The Hall–Kier alpha value is -3.02. The maximum atomic E-state index is 13.3. The molecule has 0 aromatic heterocycles. The predicted octanol–water partition coefficient (Wildman–Crippen LogP) is 4.07. The minimum atomic E-state index is -0.501. The van der Waals surface area contributed by atoms with Gasteiger partial charge in [-0.3, -0.25) is 9.59 Å². The van der Waals surface area contributed by atoms with Gasteiger partial charge in [0.15, 0.2) is 11.5 Å². The summed E-state index contributed by atoms with van der Waals surface area (Å²) in [5.74, 6) is 1.32. The molecule has 1 aliphatic heterocycles. The summed E-state index contributed by atoms with van der Waals surface area (Å²) in [7, 11) is 0. The van der Waals surface area contributed by atoms with E-state index in [0.29, 0.717) is 31.6 Å². The average Bonchev–Trinajstić information content (AvgIpc) is 3.25. The van der Waals surface area contributed by atoms with Crippen molar-refractivity contribution in [2.24, 2.45) is 0 Å². The summed E-state index contributed by atoms with van der Waals surface area (Å²) in [5.41, 5.74) is 2.02. The van der Waals surface area contributed by atoms with Crippen LogP contribution in [-0.2, 0) is 22.6 Å². The monoisotopic (exact) mass is 424 g/mol. The van der Waals surface area contributed by atoms with Crippen LogP contribution < -0.4 is 14.8 Å². The summed E-state index contributed by atoms with van der Waals surface area (Å²) in [4.78, 5) is 28.0. The van der Waals surface area contributed by atoms with Crippen LogP contribution in [0.15, 0.2) is 48.5 Å². The highest BCUT2D eigenvalue weighted by Crippen LogP contribution is 2.32. The maximum Gasteiger partial charge on any atom is 0.243 e. The van der Waals surface area contributed by atoms with Gasteiger partial charge in [-0.05, 0) is 49.4 Å². The standard InChI is InChI=1S/C25H32N2O4/c1-4-18(3)26-25(29)21(5-2)27(16-20-9-7-6-8-10-20)24(28)14-12-19-11-13-22-23(15-19)31-17-30-22/h6-11,13,15,18,21H,4-5,12,14,16-17H2,1-3H3,(H,26,29)/t18-,21+/m1/s1. The van der Waals surface area contributed by atoms with E-state index in [2.05, 4.69) is 5.32 Å². The lowest BCUT2D eigenvalue weighted by atomic mass is 10.1. The van der Waals surface area contributed by atoms with Crippen LogP contribution in [0, 0.1) is 0 Å². The molecular formula is C25H32N2O4. The molecule has 2 atom stereocenters. The summed E-state index contributed by atoms with van der Waals surface area (Å²) >= 11 is 0. The third kappa shape index (κ3) is 6.00. The van der Waals surface area contributed by atoms with Crippen LogP contribution in [0.2, 0.25) is 0 Å². The van der Waals surface area contributed by atoms with Gasteiger partial charge in [-0.25, -0.2) is 0 Å². The number of nitrogens with one attached hydrogen (secondary N) is 1. The highest BCUT2D eigenvalue weighted by atomic mass is 16.7. The minimum Gasteiger partial charge on any atom is -0.454 e. The third-order valence-electron chi connectivity index (χ3n) is 5.65. The molecule has 6 heteroatoms. The SMILES string of the molecule is CC[C@@H](C)NC(=O)[C@H](CC)N(Cc1ccccc1)C(=O)CCc1ccc2c(c1)OCO2. The van der Waals surface area contributed by atoms with Crippen LogP contribution in [0.3, 0.4) is 0 Å². The number of benzene rings is 2. The van der Waals surface area contributed by atoms with Gasteiger partial charge >= 0.3 is 0 Å². The van der Waals surface area contributed by atoms with Crippen molar-refractivity contribution in [1.82, 2.24) is 10.2 Å². The fourth-order valence-electron chi connectivity index (χ4n) is 3.63. The lowest BCUT2D eigenvalue weighted by Gasteiger charge is -2.31. The lowest BCUT2D eigenvalue weighted by Crippen LogP contribution is -2.50. The van der Waals surface area contributed by atoms with E-state index in [1.807, 2.05) is 69.3 Å². The van der Waals surface area contributed by atoms with Gasteiger partial charge in [0.05, 0.1) is 0 Å². The fourth-order valence-corrected chi connectivity index (χ4v) is 3.63. The number of hydrogen-bond acceptors (Lipinski definition) is 4. The average molecular weight is 425 g/mol. The van der Waals surface area contributed by atoms with E-state index < -0.39 is 6.04 Å². The molecule has 31 heavy (non-hydrogen) atoms. The zero-order valence-corrected chi connectivity index (χ0v) is 18.6. The Kier molecular flexibility index (Phi) is 7.93. The Bertz CT molecular complexity index is 884. The Balaban J connectivity index is 1.74. The van der Waals surface area contributed by atoms with Gasteiger partial charge in [0, 0.05) is 19.0 Å². The van der Waals surface area contributed by atoms with E-state index in [9.17, 15) is 9.59 Å². The molecule has 3 rings (SSSR count). The number of nitrogens with zero attached hydrogens (tertiary/aromatic N) is 1. The second kappa shape index (κ2) is 10.8. The topological polar surface area (TPSA) is 67.9 Å². The van der Waals surface area contributed by atoms with E-state index in [4.69, 9.17) is 9.47 Å². The maximum absolute atomic E-state index is 13.3. The molecule has 6 nitrogen and oxygen atoms in total. The summed E-state index contributed by atoms with van der Waals surface area (Å²) in [6.07, 6.45) is 2.30. The Morgan fingerprint density at radius 2 is 1.74 bits per heavy atom. The Morgan fingerprint density at radius 1 is 1.00 bits per heavy atom. The number of hydrogen-bond donors (Lipinski definition) is 1. The van der Waals surface area contributed by atoms with Gasteiger partial charge < -0.3 is 19.7 Å². The third-order valence-corrected chi connectivity index (χ3v) is 5.65. The number of ether oxygens (including phenoxy) is 2. The summed E-state index contributed by atoms with van der Waals surface area (Å²) in [6.45, 7) is 6.60. The molecule has 0 fully saturated rings. The number of carbonyl (C=O) groups is 2. The van der Waals surface area contributed by atoms with Crippen LogP contribution >= 0.6 is 0 Å². The quantitative estimate of drug-likeness (QED) is 0.624. The van der Waals surface area contributed by atoms with E-state index in [-0.39, 0.29) is 24.6 Å². The molecule has 0 unspecified atom stereocenters. The molecule has 0 saturated heterocycles. The summed E-state index contributed by atoms with van der Waals surface area (Å²) < 4.78 is 10.8. The molecule has 0 bridgehead atoms. The molecule has 0 aliphatic carbocycles. The minimum absolute atomic E-state index is 0.0346. The van der Waals surface area contributed by atoms with Crippen LogP contribution in [0.1, 0.15) is 51.2 Å². The van der Waals surface area contributed by atoms with E-state index in [1.165, 1.54) is 0 Å². The molecule has 2 amide bonds. The summed E-state index contributed by atoms with van der Waals surface area (Å²) in [6, 6.07) is 15.1. The van der Waals surface area contributed by atoms with Crippen LogP contribution in [0.25, 0.3) is 0 Å². The largest absolute Gasteiger partial charge is 0.454 e. The van der Waals surface area contributed by atoms with Crippen molar-refractivity contribution in [3.8, 4) is 11.5 Å². The second-order valence-electron chi connectivity index (χ2n) is 7.94. The van der Waals surface area contributed by atoms with Gasteiger partial charge in [-0.15, -0.1) is 0 Å². The summed E-state index contributed by atoms with van der Waals surface area (Å²) in [5, 5.41) is 3.04. The van der Waals surface area contributed by atoms with Crippen molar-refractivity contribution in [1.29, 1.82) is 0 Å².